The van der Waals surface area contributed by atoms with E-state index in [0.29, 0.717) is 11.4 Å². The second-order valence-electron chi connectivity index (χ2n) is 2.29. The zero-order valence-electron chi connectivity index (χ0n) is 6.18. The van der Waals surface area contributed by atoms with Crippen molar-refractivity contribution >= 4 is 0 Å². The highest BCUT2D eigenvalue weighted by molar-refractivity contribution is 5.47. The summed E-state index contributed by atoms with van der Waals surface area (Å²) in [5.41, 5.74) is 1.04. The number of aromatic nitrogens is 2. The molecule has 2 rings (SSSR count). The largest absolute Gasteiger partial charge is 0.618 e. The first-order valence-electron chi connectivity index (χ1n) is 3.44. The topological polar surface area (TPSA) is 53.0 Å². The summed E-state index contributed by atoms with van der Waals surface area (Å²) in [6.07, 6.45) is 4.15. The number of nitrogens with zero attached hydrogens (tertiary/aromatic N) is 2. The van der Waals surface area contributed by atoms with E-state index in [9.17, 15) is 5.21 Å². The Bertz CT molecular complexity index is 370. The molecule has 0 spiro atoms. The minimum Gasteiger partial charge on any atom is -0.618 e. The van der Waals surface area contributed by atoms with E-state index < -0.39 is 0 Å². The summed E-state index contributed by atoms with van der Waals surface area (Å²) in [6.45, 7) is 0. The van der Waals surface area contributed by atoms with E-state index in [0.717, 1.165) is 4.73 Å². The molecule has 2 aromatic rings. The molecule has 0 fully saturated rings. The third kappa shape index (κ3) is 1.03. The van der Waals surface area contributed by atoms with Gasteiger partial charge in [-0.15, -0.1) is 0 Å². The summed E-state index contributed by atoms with van der Waals surface area (Å²) in [6, 6.07) is 5.12. The van der Waals surface area contributed by atoms with Gasteiger partial charge in [0.2, 0.25) is 5.69 Å². The molecular formula is C8H6N2O2. The van der Waals surface area contributed by atoms with Crippen LogP contribution in [0.2, 0.25) is 0 Å². The van der Waals surface area contributed by atoms with E-state index in [-0.39, 0.29) is 0 Å². The van der Waals surface area contributed by atoms with E-state index in [2.05, 4.69) is 4.98 Å². The van der Waals surface area contributed by atoms with Gasteiger partial charge in [-0.1, -0.05) is 0 Å². The number of rotatable bonds is 1. The van der Waals surface area contributed by atoms with Crippen LogP contribution in [0.4, 0.5) is 0 Å². The lowest BCUT2D eigenvalue weighted by Crippen LogP contribution is -2.27. The number of hydrogen-bond acceptors (Lipinski definition) is 3. The second kappa shape index (κ2) is 2.65. The van der Waals surface area contributed by atoms with Gasteiger partial charge in [-0.05, 0) is 6.07 Å². The van der Waals surface area contributed by atoms with Crippen molar-refractivity contribution in [2.75, 3.05) is 0 Å². The molecule has 0 radical (unpaired) electrons. The average Bonchev–Trinajstić information content (AvgIpc) is 2.57. The highest BCUT2D eigenvalue weighted by atomic mass is 16.5. The molecule has 60 valence electrons. The highest BCUT2D eigenvalue weighted by Crippen LogP contribution is 2.10. The van der Waals surface area contributed by atoms with Crippen molar-refractivity contribution in [3.05, 3.63) is 42.3 Å². The summed E-state index contributed by atoms with van der Waals surface area (Å²) < 4.78 is 5.51. The van der Waals surface area contributed by atoms with Crippen LogP contribution in [0, 0.1) is 5.21 Å². The standard InChI is InChI=1S/C8H6N2O2/c11-10-4-2-1-3-8(10)7-5-12-6-9-7/h1-6H. The smallest absolute Gasteiger partial charge is 0.245 e. The molecule has 0 saturated carbocycles. The van der Waals surface area contributed by atoms with Crippen LogP contribution in [0.15, 0.2) is 41.5 Å². The van der Waals surface area contributed by atoms with Gasteiger partial charge in [0.25, 0.3) is 0 Å². The van der Waals surface area contributed by atoms with E-state index in [1.807, 2.05) is 0 Å². The average molecular weight is 162 g/mol. The molecule has 4 heteroatoms. The van der Waals surface area contributed by atoms with Crippen LogP contribution in [0.3, 0.4) is 0 Å². The fourth-order valence-electron chi connectivity index (χ4n) is 0.966. The van der Waals surface area contributed by atoms with Gasteiger partial charge in [-0.2, -0.15) is 4.73 Å². The molecule has 0 saturated heterocycles. The van der Waals surface area contributed by atoms with Crippen molar-refractivity contribution in [1.29, 1.82) is 0 Å². The van der Waals surface area contributed by atoms with Gasteiger partial charge >= 0.3 is 0 Å². The summed E-state index contributed by atoms with van der Waals surface area (Å²) in [7, 11) is 0. The first-order valence-corrected chi connectivity index (χ1v) is 3.44. The van der Waals surface area contributed by atoms with Crippen LogP contribution in [0.25, 0.3) is 11.4 Å². The number of hydrogen-bond donors (Lipinski definition) is 0. The summed E-state index contributed by atoms with van der Waals surface area (Å²) >= 11 is 0. The summed E-state index contributed by atoms with van der Waals surface area (Å²) in [4.78, 5) is 3.86. The zero-order chi connectivity index (χ0) is 8.39. The van der Waals surface area contributed by atoms with Crippen LogP contribution < -0.4 is 4.73 Å². The molecule has 0 unspecified atom stereocenters. The van der Waals surface area contributed by atoms with Crippen LogP contribution >= 0.6 is 0 Å². The third-order valence-electron chi connectivity index (χ3n) is 1.52. The van der Waals surface area contributed by atoms with Crippen molar-refractivity contribution in [1.82, 2.24) is 4.98 Å². The van der Waals surface area contributed by atoms with E-state index in [4.69, 9.17) is 4.42 Å². The molecule has 0 aliphatic heterocycles. The molecule has 0 N–H and O–H groups in total. The fraction of sp³-hybridized carbons (Fsp3) is 0. The minimum atomic E-state index is 0.492. The Hall–Kier alpha value is -1.84. The monoisotopic (exact) mass is 162 g/mol. The molecule has 0 aromatic carbocycles. The predicted octanol–water partition coefficient (Wildman–Crippen LogP) is 0.975. The summed E-state index contributed by atoms with van der Waals surface area (Å²) in [5.74, 6) is 0. The number of oxazole rings is 1. The lowest BCUT2D eigenvalue weighted by atomic mass is 10.3. The van der Waals surface area contributed by atoms with Crippen molar-refractivity contribution in [2.24, 2.45) is 0 Å². The normalized spacial score (nSPS) is 10.0. The maximum Gasteiger partial charge on any atom is 0.245 e. The Morgan fingerprint density at radius 1 is 1.42 bits per heavy atom. The minimum absolute atomic E-state index is 0.492. The molecule has 0 bridgehead atoms. The Morgan fingerprint density at radius 2 is 2.33 bits per heavy atom. The summed E-state index contributed by atoms with van der Waals surface area (Å²) in [5, 5.41) is 11.2. The fourth-order valence-corrected chi connectivity index (χ4v) is 0.966. The van der Waals surface area contributed by atoms with Gasteiger partial charge in [0, 0.05) is 12.1 Å². The van der Waals surface area contributed by atoms with E-state index in [1.54, 1.807) is 18.2 Å². The van der Waals surface area contributed by atoms with Crippen molar-refractivity contribution < 1.29 is 9.15 Å². The first kappa shape index (κ1) is 6.84. The molecule has 2 heterocycles. The predicted molar refractivity (Wildman–Crippen MR) is 40.9 cm³/mol. The van der Waals surface area contributed by atoms with Gasteiger partial charge < -0.3 is 9.62 Å². The van der Waals surface area contributed by atoms with Crippen LogP contribution in [-0.4, -0.2) is 4.98 Å². The molecule has 0 aliphatic carbocycles. The Balaban J connectivity index is 2.55. The molecule has 0 amide bonds. The van der Waals surface area contributed by atoms with Gasteiger partial charge in [-0.25, -0.2) is 4.98 Å². The van der Waals surface area contributed by atoms with Crippen molar-refractivity contribution in [2.45, 2.75) is 0 Å². The van der Waals surface area contributed by atoms with Gasteiger partial charge in [0.05, 0.1) is 0 Å². The van der Waals surface area contributed by atoms with Crippen LogP contribution in [-0.2, 0) is 0 Å². The molecular weight excluding hydrogens is 156 g/mol. The quantitative estimate of drug-likeness (QED) is 0.463. The molecule has 12 heavy (non-hydrogen) atoms. The Labute approximate surface area is 68.7 Å². The van der Waals surface area contributed by atoms with Gasteiger partial charge in [-0.3, -0.25) is 0 Å². The molecule has 0 aliphatic rings. The van der Waals surface area contributed by atoms with E-state index in [1.165, 1.54) is 18.9 Å². The second-order valence-corrected chi connectivity index (χ2v) is 2.29. The number of pyridine rings is 1. The molecule has 0 atom stereocenters. The molecule has 4 nitrogen and oxygen atoms in total. The lowest BCUT2D eigenvalue weighted by Gasteiger charge is -1.98. The van der Waals surface area contributed by atoms with Crippen LogP contribution in [0.1, 0.15) is 0 Å². The lowest BCUT2D eigenvalue weighted by molar-refractivity contribution is -0.593. The zero-order valence-corrected chi connectivity index (χ0v) is 6.18. The van der Waals surface area contributed by atoms with Crippen molar-refractivity contribution in [3.8, 4) is 11.4 Å². The Kier molecular flexibility index (Phi) is 1.51. The van der Waals surface area contributed by atoms with E-state index >= 15 is 0 Å². The third-order valence-corrected chi connectivity index (χ3v) is 1.52. The van der Waals surface area contributed by atoms with Crippen molar-refractivity contribution in [3.63, 3.8) is 0 Å². The van der Waals surface area contributed by atoms with Crippen LogP contribution in [0.5, 0.6) is 0 Å². The molecule has 2 aromatic heterocycles. The maximum atomic E-state index is 11.2. The first-order chi connectivity index (χ1) is 5.88. The van der Waals surface area contributed by atoms with Gasteiger partial charge in [0.1, 0.15) is 6.26 Å². The maximum absolute atomic E-state index is 11.2. The van der Waals surface area contributed by atoms with Gasteiger partial charge in [0.15, 0.2) is 18.3 Å². The highest BCUT2D eigenvalue weighted by Gasteiger charge is 2.08. The SMILES string of the molecule is [O-][n+]1ccccc1-c1cocn1. The Morgan fingerprint density at radius 3 is 3.00 bits per heavy atom.